The van der Waals surface area contributed by atoms with E-state index in [0.717, 1.165) is 6.42 Å². The summed E-state index contributed by atoms with van der Waals surface area (Å²) in [5, 5.41) is 8.99. The monoisotopic (exact) mass is 390 g/mol. The highest BCUT2D eigenvalue weighted by Crippen LogP contribution is 2.24. The maximum Gasteiger partial charge on any atom is 0.253 e. The summed E-state index contributed by atoms with van der Waals surface area (Å²) >= 11 is 0. The lowest BCUT2D eigenvalue weighted by atomic mass is 9.98. The largest absolute Gasteiger partial charge is 0.339 e. The maximum absolute atomic E-state index is 13.0. The van der Waals surface area contributed by atoms with Crippen LogP contribution in [0.15, 0.2) is 29.2 Å². The topological polar surface area (TPSA) is 84.7 Å². The number of hydrogen-bond acceptors (Lipinski definition) is 5. The number of rotatable bonds is 4. The molecule has 27 heavy (non-hydrogen) atoms. The molecule has 2 saturated heterocycles. The molecular formula is C19H26N4O3S. The lowest BCUT2D eigenvalue weighted by Gasteiger charge is -2.29. The predicted molar refractivity (Wildman–Crippen MR) is 102 cm³/mol. The van der Waals surface area contributed by atoms with Crippen molar-refractivity contribution in [2.24, 2.45) is 5.92 Å². The van der Waals surface area contributed by atoms with Crippen molar-refractivity contribution in [2.45, 2.75) is 30.2 Å². The van der Waals surface area contributed by atoms with Gasteiger partial charge in [0.25, 0.3) is 5.91 Å². The molecule has 0 bridgehead atoms. The molecule has 3 rings (SSSR count). The average molecular weight is 391 g/mol. The summed E-state index contributed by atoms with van der Waals surface area (Å²) in [6.07, 6.45) is 2.14. The molecular weight excluding hydrogens is 364 g/mol. The number of benzene rings is 1. The van der Waals surface area contributed by atoms with Crippen LogP contribution in [0, 0.1) is 17.2 Å². The van der Waals surface area contributed by atoms with E-state index in [4.69, 9.17) is 5.26 Å². The molecule has 0 radical (unpaired) electrons. The fraction of sp³-hybridized carbons (Fsp3) is 0.579. The quantitative estimate of drug-likeness (QED) is 0.776. The molecule has 0 spiro atoms. The Morgan fingerprint density at radius 1 is 1.19 bits per heavy atom. The summed E-state index contributed by atoms with van der Waals surface area (Å²) < 4.78 is 27.5. The van der Waals surface area contributed by atoms with Crippen molar-refractivity contribution in [3.63, 3.8) is 0 Å². The lowest BCUT2D eigenvalue weighted by Crippen LogP contribution is -2.38. The van der Waals surface area contributed by atoms with Crippen LogP contribution in [0.25, 0.3) is 0 Å². The van der Waals surface area contributed by atoms with E-state index >= 15 is 0 Å². The molecule has 2 aliphatic rings. The molecule has 1 amide bonds. The van der Waals surface area contributed by atoms with Crippen molar-refractivity contribution < 1.29 is 13.2 Å². The van der Waals surface area contributed by atoms with Crippen molar-refractivity contribution in [1.29, 1.82) is 5.26 Å². The van der Waals surface area contributed by atoms with E-state index in [0.29, 0.717) is 44.6 Å². The minimum absolute atomic E-state index is 0.000529. The van der Waals surface area contributed by atoms with E-state index in [1.165, 1.54) is 10.4 Å². The number of amides is 1. The number of piperidine rings is 1. The first kappa shape index (κ1) is 19.8. The van der Waals surface area contributed by atoms with Gasteiger partial charge >= 0.3 is 0 Å². The smallest absolute Gasteiger partial charge is 0.253 e. The molecule has 2 heterocycles. The van der Waals surface area contributed by atoms with E-state index < -0.39 is 10.0 Å². The zero-order valence-electron chi connectivity index (χ0n) is 15.8. The number of nitrogens with zero attached hydrogens (tertiary/aromatic N) is 4. The van der Waals surface area contributed by atoms with Crippen LogP contribution in [0.2, 0.25) is 0 Å². The van der Waals surface area contributed by atoms with Gasteiger partial charge in [0.15, 0.2) is 0 Å². The first-order chi connectivity index (χ1) is 12.8. The molecule has 0 unspecified atom stereocenters. The molecule has 0 saturated carbocycles. The van der Waals surface area contributed by atoms with Crippen LogP contribution in [-0.2, 0) is 10.0 Å². The van der Waals surface area contributed by atoms with Crippen LogP contribution in [0.4, 0.5) is 0 Å². The first-order valence-electron chi connectivity index (χ1n) is 9.28. The van der Waals surface area contributed by atoms with Gasteiger partial charge in [-0.15, -0.1) is 0 Å². The van der Waals surface area contributed by atoms with Crippen molar-refractivity contribution >= 4 is 15.9 Å². The number of sulfonamides is 1. The highest BCUT2D eigenvalue weighted by Gasteiger charge is 2.34. The lowest BCUT2D eigenvalue weighted by molar-refractivity contribution is 0.0707. The van der Waals surface area contributed by atoms with E-state index in [2.05, 4.69) is 6.07 Å². The van der Waals surface area contributed by atoms with Crippen LogP contribution < -0.4 is 0 Å². The van der Waals surface area contributed by atoms with Crippen LogP contribution in [0.3, 0.4) is 0 Å². The second-order valence-electron chi connectivity index (χ2n) is 7.49. The fourth-order valence-corrected chi connectivity index (χ4v) is 5.22. The molecule has 1 aromatic carbocycles. The van der Waals surface area contributed by atoms with Crippen molar-refractivity contribution in [3.05, 3.63) is 29.8 Å². The Bertz CT molecular complexity index is 839. The SMILES string of the molecule is CN(C)[C@@H]1CCN(S(=O)(=O)c2cccc(C(=O)N3CCC(C#N)CC3)c2)C1. The van der Waals surface area contributed by atoms with E-state index in [1.54, 1.807) is 23.1 Å². The highest BCUT2D eigenvalue weighted by molar-refractivity contribution is 7.89. The third kappa shape index (κ3) is 4.15. The van der Waals surface area contributed by atoms with Gasteiger partial charge in [-0.1, -0.05) is 6.07 Å². The minimum atomic E-state index is -3.61. The Kier molecular flexibility index (Phi) is 5.84. The predicted octanol–water partition coefficient (Wildman–Crippen LogP) is 1.39. The fourth-order valence-electron chi connectivity index (χ4n) is 3.68. The zero-order chi connectivity index (χ0) is 19.6. The molecule has 1 aromatic rings. The minimum Gasteiger partial charge on any atom is -0.339 e. The standard InChI is InChI=1S/C19H26N4O3S/c1-21(2)17-8-11-23(14-17)27(25,26)18-5-3-4-16(12-18)19(24)22-9-6-15(13-20)7-10-22/h3-5,12,15,17H,6-11,14H2,1-2H3/t17-/m1/s1. The Balaban J connectivity index is 1.75. The molecule has 2 aliphatic heterocycles. The summed E-state index contributed by atoms with van der Waals surface area (Å²) in [4.78, 5) is 16.7. The number of likely N-dealkylation sites (N-methyl/N-ethyl adjacent to an activating group) is 1. The van der Waals surface area contributed by atoms with Crippen LogP contribution in [0.1, 0.15) is 29.6 Å². The first-order valence-corrected chi connectivity index (χ1v) is 10.7. The van der Waals surface area contributed by atoms with Crippen LogP contribution >= 0.6 is 0 Å². The molecule has 7 nitrogen and oxygen atoms in total. The average Bonchev–Trinajstić information content (AvgIpc) is 3.19. The van der Waals surface area contributed by atoms with Gasteiger partial charge in [-0.3, -0.25) is 4.79 Å². The number of hydrogen-bond donors (Lipinski definition) is 0. The molecule has 1 atom stereocenters. The van der Waals surface area contributed by atoms with Gasteiger partial charge in [-0.05, 0) is 51.6 Å². The van der Waals surface area contributed by atoms with Gasteiger partial charge in [-0.25, -0.2) is 8.42 Å². The summed E-state index contributed by atoms with van der Waals surface area (Å²) in [6.45, 7) is 2.02. The van der Waals surface area contributed by atoms with Gasteiger partial charge in [-0.2, -0.15) is 9.57 Å². The summed E-state index contributed by atoms with van der Waals surface area (Å²) in [5.41, 5.74) is 0.384. The maximum atomic E-state index is 13.0. The van der Waals surface area contributed by atoms with E-state index in [9.17, 15) is 13.2 Å². The Hall–Kier alpha value is -1.95. The van der Waals surface area contributed by atoms with E-state index in [1.807, 2.05) is 19.0 Å². The van der Waals surface area contributed by atoms with Gasteiger partial charge < -0.3 is 9.80 Å². The van der Waals surface area contributed by atoms with Gasteiger partial charge in [0.2, 0.25) is 10.0 Å². The number of nitriles is 1. The third-order valence-electron chi connectivity index (χ3n) is 5.54. The van der Waals surface area contributed by atoms with Crippen molar-refractivity contribution in [3.8, 4) is 6.07 Å². The number of carbonyl (C=O) groups is 1. The number of carbonyl (C=O) groups excluding carboxylic acids is 1. The third-order valence-corrected chi connectivity index (χ3v) is 7.40. The Morgan fingerprint density at radius 2 is 1.89 bits per heavy atom. The molecule has 0 N–H and O–H groups in total. The summed E-state index contributed by atoms with van der Waals surface area (Å²) in [6, 6.07) is 8.78. The van der Waals surface area contributed by atoms with Crippen LogP contribution in [-0.4, -0.2) is 74.7 Å². The Morgan fingerprint density at radius 3 is 2.48 bits per heavy atom. The van der Waals surface area contributed by atoms with Gasteiger partial charge in [0.1, 0.15) is 0 Å². The highest BCUT2D eigenvalue weighted by atomic mass is 32.2. The van der Waals surface area contributed by atoms with Gasteiger partial charge in [0.05, 0.1) is 11.0 Å². The summed E-state index contributed by atoms with van der Waals surface area (Å²) in [5.74, 6) is -0.170. The second-order valence-corrected chi connectivity index (χ2v) is 9.43. The second kappa shape index (κ2) is 7.97. The zero-order valence-corrected chi connectivity index (χ0v) is 16.7. The number of likely N-dealkylation sites (tertiary alicyclic amines) is 1. The molecule has 8 heteroatoms. The molecule has 0 aromatic heterocycles. The van der Waals surface area contributed by atoms with Crippen molar-refractivity contribution in [2.75, 3.05) is 40.3 Å². The van der Waals surface area contributed by atoms with Crippen molar-refractivity contribution in [1.82, 2.24) is 14.1 Å². The molecule has 2 fully saturated rings. The Labute approximate surface area is 161 Å². The van der Waals surface area contributed by atoms with E-state index in [-0.39, 0.29) is 22.8 Å². The van der Waals surface area contributed by atoms with Crippen LogP contribution in [0.5, 0.6) is 0 Å². The normalized spacial score (nSPS) is 22.1. The summed E-state index contributed by atoms with van der Waals surface area (Å²) in [7, 11) is 0.296. The molecule has 0 aliphatic carbocycles. The molecule has 146 valence electrons. The van der Waals surface area contributed by atoms with Gasteiger partial charge in [0, 0.05) is 43.7 Å².